The Morgan fingerprint density at radius 1 is 1.15 bits per heavy atom. The van der Waals surface area contributed by atoms with Gasteiger partial charge in [0.05, 0.1) is 0 Å². The quantitative estimate of drug-likeness (QED) is 0.621. The van der Waals surface area contributed by atoms with E-state index in [1.807, 2.05) is 36.4 Å². The van der Waals surface area contributed by atoms with Gasteiger partial charge in [-0.25, -0.2) is 0 Å². The monoisotopic (exact) mass is 282 g/mol. The minimum Gasteiger partial charge on any atom is -0.289 e. The third-order valence-corrected chi connectivity index (χ3v) is 3.75. The molecule has 0 atom stereocenters. The molecule has 2 aromatic carbocycles. The fourth-order valence-electron chi connectivity index (χ4n) is 1.95. The van der Waals surface area contributed by atoms with Crippen LogP contribution >= 0.6 is 11.8 Å². The van der Waals surface area contributed by atoms with E-state index in [-0.39, 0.29) is 10.9 Å². The Kier molecular flexibility index (Phi) is 4.20. The highest BCUT2D eigenvalue weighted by atomic mass is 32.2. The standard InChI is InChI=1S/C17H14O2S/c1-4-16(19)11(2)15-9-13-7-5-6-8-14(13)10-17(15)20-12(3)18/h4-10H,1-2H2,3H3. The van der Waals surface area contributed by atoms with E-state index in [9.17, 15) is 9.59 Å². The first-order valence-electron chi connectivity index (χ1n) is 6.10. The summed E-state index contributed by atoms with van der Waals surface area (Å²) in [5.41, 5.74) is 1.04. The van der Waals surface area contributed by atoms with Gasteiger partial charge in [0.1, 0.15) is 0 Å². The topological polar surface area (TPSA) is 34.1 Å². The Balaban J connectivity index is 2.65. The van der Waals surface area contributed by atoms with Crippen molar-refractivity contribution in [3.8, 4) is 0 Å². The Morgan fingerprint density at radius 2 is 1.75 bits per heavy atom. The lowest BCUT2D eigenvalue weighted by Crippen LogP contribution is -1.99. The van der Waals surface area contributed by atoms with E-state index in [4.69, 9.17) is 0 Å². The molecule has 0 fully saturated rings. The number of carbonyl (C=O) groups is 2. The van der Waals surface area contributed by atoms with E-state index >= 15 is 0 Å². The lowest BCUT2D eigenvalue weighted by molar-refractivity contribution is -0.110. The molecule has 0 saturated heterocycles. The highest BCUT2D eigenvalue weighted by molar-refractivity contribution is 8.13. The zero-order valence-corrected chi connectivity index (χ0v) is 12.0. The van der Waals surface area contributed by atoms with Crippen molar-refractivity contribution in [2.45, 2.75) is 11.8 Å². The number of fused-ring (bicyclic) bond motifs is 1. The zero-order chi connectivity index (χ0) is 14.7. The summed E-state index contributed by atoms with van der Waals surface area (Å²) in [4.78, 5) is 23.9. The molecule has 0 aromatic heterocycles. The molecule has 0 N–H and O–H groups in total. The van der Waals surface area contributed by atoms with Crippen molar-refractivity contribution in [1.82, 2.24) is 0 Å². The minimum absolute atomic E-state index is 0.0274. The van der Waals surface area contributed by atoms with Crippen LogP contribution in [0, 0.1) is 0 Å². The molecular weight excluding hydrogens is 268 g/mol. The number of hydrogen-bond acceptors (Lipinski definition) is 3. The average Bonchev–Trinajstić information content (AvgIpc) is 2.44. The maximum atomic E-state index is 11.8. The molecule has 0 spiro atoms. The van der Waals surface area contributed by atoms with Crippen molar-refractivity contribution in [2.24, 2.45) is 0 Å². The number of carbonyl (C=O) groups excluding carboxylic acids is 2. The van der Waals surface area contributed by atoms with Crippen LogP contribution in [-0.4, -0.2) is 10.9 Å². The van der Waals surface area contributed by atoms with Gasteiger partial charge in [-0.15, -0.1) is 0 Å². The molecular formula is C17H14O2S. The van der Waals surface area contributed by atoms with Gasteiger partial charge in [-0.3, -0.25) is 9.59 Å². The molecule has 0 bridgehead atoms. The van der Waals surface area contributed by atoms with Crippen LogP contribution < -0.4 is 0 Å². The van der Waals surface area contributed by atoms with Gasteiger partial charge in [0, 0.05) is 17.4 Å². The van der Waals surface area contributed by atoms with Crippen LogP contribution in [0.4, 0.5) is 0 Å². The molecule has 2 nitrogen and oxygen atoms in total. The fraction of sp³-hybridized carbons (Fsp3) is 0.0588. The second-order valence-electron chi connectivity index (χ2n) is 4.34. The largest absolute Gasteiger partial charge is 0.289 e. The Bertz CT molecular complexity index is 729. The van der Waals surface area contributed by atoms with Gasteiger partial charge in [-0.1, -0.05) is 49.2 Å². The van der Waals surface area contributed by atoms with Gasteiger partial charge in [0.2, 0.25) is 0 Å². The van der Waals surface area contributed by atoms with Gasteiger partial charge >= 0.3 is 0 Å². The van der Waals surface area contributed by atoms with E-state index < -0.39 is 0 Å². The smallest absolute Gasteiger partial charge is 0.190 e. The first-order chi connectivity index (χ1) is 9.52. The predicted molar refractivity (Wildman–Crippen MR) is 84.7 cm³/mol. The summed E-state index contributed by atoms with van der Waals surface area (Å²) < 4.78 is 0. The molecule has 2 rings (SSSR count). The summed E-state index contributed by atoms with van der Waals surface area (Å²) in [6, 6.07) is 11.6. The molecule has 0 saturated carbocycles. The number of thioether (sulfide) groups is 1. The number of benzene rings is 2. The summed E-state index contributed by atoms with van der Waals surface area (Å²) >= 11 is 1.11. The molecule has 0 radical (unpaired) electrons. The highest BCUT2D eigenvalue weighted by Gasteiger charge is 2.14. The third kappa shape index (κ3) is 2.89. The molecule has 0 aliphatic heterocycles. The number of ketones is 1. The summed E-state index contributed by atoms with van der Waals surface area (Å²) in [5.74, 6) is -0.231. The second-order valence-corrected chi connectivity index (χ2v) is 5.55. The van der Waals surface area contributed by atoms with E-state index in [1.165, 1.54) is 13.0 Å². The first-order valence-corrected chi connectivity index (χ1v) is 6.92. The molecule has 0 amide bonds. The van der Waals surface area contributed by atoms with Crippen molar-refractivity contribution >= 4 is 39.0 Å². The minimum atomic E-state index is -0.231. The van der Waals surface area contributed by atoms with Crippen LogP contribution in [-0.2, 0) is 9.59 Å². The van der Waals surface area contributed by atoms with Crippen molar-refractivity contribution in [3.63, 3.8) is 0 Å². The summed E-state index contributed by atoms with van der Waals surface area (Å²) in [7, 11) is 0. The lowest BCUT2D eigenvalue weighted by atomic mass is 9.99. The van der Waals surface area contributed by atoms with Crippen LogP contribution in [0.3, 0.4) is 0 Å². The van der Waals surface area contributed by atoms with Gasteiger partial charge in [0.15, 0.2) is 10.9 Å². The average molecular weight is 282 g/mol. The van der Waals surface area contributed by atoms with Crippen molar-refractivity contribution in [1.29, 1.82) is 0 Å². The fourth-order valence-corrected chi connectivity index (χ4v) is 2.74. The summed E-state index contributed by atoms with van der Waals surface area (Å²) in [6.07, 6.45) is 1.24. The normalized spacial score (nSPS) is 10.2. The number of hydrogen-bond donors (Lipinski definition) is 0. The van der Waals surface area contributed by atoms with Crippen molar-refractivity contribution in [3.05, 3.63) is 61.2 Å². The van der Waals surface area contributed by atoms with Crippen LogP contribution in [0.25, 0.3) is 16.3 Å². The molecule has 20 heavy (non-hydrogen) atoms. The van der Waals surface area contributed by atoms with E-state index in [1.54, 1.807) is 0 Å². The van der Waals surface area contributed by atoms with Crippen LogP contribution in [0.1, 0.15) is 12.5 Å². The molecule has 0 unspecified atom stereocenters. The SMILES string of the molecule is C=CC(=O)C(=C)c1cc2ccccc2cc1SC(C)=O. The summed E-state index contributed by atoms with van der Waals surface area (Å²) in [6.45, 7) is 8.80. The third-order valence-electron chi connectivity index (χ3n) is 2.91. The Hall–Kier alpha value is -2.13. The van der Waals surface area contributed by atoms with E-state index in [0.717, 1.165) is 27.4 Å². The van der Waals surface area contributed by atoms with Crippen molar-refractivity contribution < 1.29 is 9.59 Å². The Labute approximate surface area is 122 Å². The lowest BCUT2D eigenvalue weighted by Gasteiger charge is -2.11. The van der Waals surface area contributed by atoms with Gasteiger partial charge in [-0.05, 0) is 34.5 Å². The molecule has 3 heteroatoms. The first kappa shape index (κ1) is 14.3. The zero-order valence-electron chi connectivity index (χ0n) is 11.2. The highest BCUT2D eigenvalue weighted by Crippen LogP contribution is 2.32. The van der Waals surface area contributed by atoms with Crippen molar-refractivity contribution in [2.75, 3.05) is 0 Å². The molecule has 100 valence electrons. The Morgan fingerprint density at radius 3 is 2.30 bits per heavy atom. The van der Waals surface area contributed by atoms with Crippen LogP contribution in [0.15, 0.2) is 60.5 Å². The number of rotatable bonds is 4. The predicted octanol–water partition coefficient (Wildman–Crippen LogP) is 4.25. The molecule has 0 aliphatic carbocycles. The van der Waals surface area contributed by atoms with E-state index in [0.29, 0.717) is 11.1 Å². The molecule has 2 aromatic rings. The van der Waals surface area contributed by atoms with E-state index in [2.05, 4.69) is 13.2 Å². The van der Waals surface area contributed by atoms with Crippen LogP contribution in [0.5, 0.6) is 0 Å². The maximum absolute atomic E-state index is 11.8. The molecule has 0 aliphatic rings. The summed E-state index contributed by atoms with van der Waals surface area (Å²) in [5, 5.41) is 2.01. The maximum Gasteiger partial charge on any atom is 0.190 e. The van der Waals surface area contributed by atoms with Crippen LogP contribution in [0.2, 0.25) is 0 Å². The van der Waals surface area contributed by atoms with Gasteiger partial charge in [-0.2, -0.15) is 0 Å². The second kappa shape index (κ2) is 5.88. The number of allylic oxidation sites excluding steroid dienone is 2. The molecule has 0 heterocycles. The van der Waals surface area contributed by atoms with Gasteiger partial charge in [0.25, 0.3) is 0 Å². The van der Waals surface area contributed by atoms with Gasteiger partial charge < -0.3 is 0 Å².